The van der Waals surface area contributed by atoms with Crippen molar-refractivity contribution >= 4 is 23.5 Å². The van der Waals surface area contributed by atoms with E-state index in [0.717, 1.165) is 17.9 Å². The van der Waals surface area contributed by atoms with Crippen LogP contribution in [0, 0.1) is 11.8 Å². The first-order valence-electron chi connectivity index (χ1n) is 11.0. The summed E-state index contributed by atoms with van der Waals surface area (Å²) in [6.45, 7) is 9.82. The van der Waals surface area contributed by atoms with Crippen LogP contribution < -0.4 is 15.4 Å². The van der Waals surface area contributed by atoms with Crippen LogP contribution in [0.25, 0.3) is 0 Å². The van der Waals surface area contributed by atoms with Crippen molar-refractivity contribution in [2.75, 3.05) is 38.2 Å². The molecule has 1 heterocycles. The number of hydrogen-bond donors (Lipinski definition) is 2. The van der Waals surface area contributed by atoms with E-state index >= 15 is 0 Å². The van der Waals surface area contributed by atoms with E-state index in [1.165, 1.54) is 4.90 Å². The molecule has 31 heavy (non-hydrogen) atoms. The van der Waals surface area contributed by atoms with E-state index in [1.807, 2.05) is 38.1 Å². The van der Waals surface area contributed by atoms with Gasteiger partial charge in [-0.3, -0.25) is 14.4 Å². The van der Waals surface area contributed by atoms with Gasteiger partial charge in [-0.2, -0.15) is 0 Å². The first-order valence-corrected chi connectivity index (χ1v) is 11.0. The Morgan fingerprint density at radius 2 is 2.00 bits per heavy atom. The average Bonchev–Trinajstić information content (AvgIpc) is 2.72. The van der Waals surface area contributed by atoms with E-state index in [4.69, 9.17) is 9.47 Å². The second kappa shape index (κ2) is 12.2. The van der Waals surface area contributed by atoms with E-state index < -0.39 is 12.0 Å². The summed E-state index contributed by atoms with van der Waals surface area (Å²) in [5, 5.41) is 5.81. The largest absolute Gasteiger partial charge is 0.494 e. The molecule has 1 aromatic carbocycles. The third-order valence-electron chi connectivity index (χ3n) is 4.83. The molecule has 1 fully saturated rings. The van der Waals surface area contributed by atoms with Gasteiger partial charge >= 0.3 is 5.97 Å². The van der Waals surface area contributed by atoms with Crippen LogP contribution in [0.1, 0.15) is 40.5 Å². The SMILES string of the molecule is CC(C)CCOc1cccc(NCC(=O)N2CCNC(=O)C2CC(=O)OCC(C)C)c1. The van der Waals surface area contributed by atoms with Crippen molar-refractivity contribution in [3.05, 3.63) is 24.3 Å². The maximum Gasteiger partial charge on any atom is 0.308 e. The van der Waals surface area contributed by atoms with Crippen molar-refractivity contribution in [1.29, 1.82) is 0 Å². The third-order valence-corrected chi connectivity index (χ3v) is 4.83. The minimum absolute atomic E-state index is 0.0142. The Balaban J connectivity index is 1.91. The molecule has 1 saturated heterocycles. The lowest BCUT2D eigenvalue weighted by atomic mass is 10.1. The maximum atomic E-state index is 12.8. The molecule has 1 atom stereocenters. The van der Waals surface area contributed by atoms with Crippen LogP contribution in [-0.2, 0) is 19.1 Å². The van der Waals surface area contributed by atoms with E-state index in [2.05, 4.69) is 24.5 Å². The fraction of sp³-hybridized carbons (Fsp3) is 0.609. The highest BCUT2D eigenvalue weighted by molar-refractivity contribution is 5.93. The monoisotopic (exact) mass is 433 g/mol. The van der Waals surface area contributed by atoms with E-state index in [9.17, 15) is 14.4 Å². The molecule has 0 spiro atoms. The number of carbonyl (C=O) groups is 3. The number of anilines is 1. The first-order chi connectivity index (χ1) is 14.8. The topological polar surface area (TPSA) is 97.0 Å². The Kier molecular flexibility index (Phi) is 9.62. The van der Waals surface area contributed by atoms with Crippen LogP contribution in [0.4, 0.5) is 5.69 Å². The van der Waals surface area contributed by atoms with Gasteiger partial charge in [0.2, 0.25) is 11.8 Å². The van der Waals surface area contributed by atoms with Gasteiger partial charge in [0.1, 0.15) is 11.8 Å². The molecule has 0 aromatic heterocycles. The second-order valence-corrected chi connectivity index (χ2v) is 8.59. The lowest BCUT2D eigenvalue weighted by Crippen LogP contribution is -2.58. The standard InChI is InChI=1S/C23H35N3O5/c1-16(2)8-11-30-19-7-5-6-18(12-19)25-14-21(27)26-10-9-24-23(29)20(26)13-22(28)31-15-17(3)4/h5-7,12,16-17,20,25H,8-11,13-15H2,1-4H3,(H,24,29). The van der Waals surface area contributed by atoms with Gasteiger partial charge in [0.15, 0.2) is 0 Å². The zero-order valence-corrected chi connectivity index (χ0v) is 19.0. The molecule has 0 aliphatic carbocycles. The lowest BCUT2D eigenvalue weighted by Gasteiger charge is -2.34. The minimum atomic E-state index is -0.853. The number of rotatable bonds is 11. The van der Waals surface area contributed by atoms with E-state index in [1.54, 1.807) is 0 Å². The molecule has 2 rings (SSSR count). The Bertz CT molecular complexity index is 750. The quantitative estimate of drug-likeness (QED) is 0.521. The van der Waals surface area contributed by atoms with Crippen molar-refractivity contribution < 1.29 is 23.9 Å². The molecular weight excluding hydrogens is 398 g/mol. The van der Waals surface area contributed by atoms with Gasteiger partial charge in [-0.25, -0.2) is 0 Å². The van der Waals surface area contributed by atoms with Gasteiger partial charge < -0.3 is 25.0 Å². The molecular formula is C23H35N3O5. The van der Waals surface area contributed by atoms with Crippen molar-refractivity contribution in [2.45, 2.75) is 46.6 Å². The first kappa shape index (κ1) is 24.5. The van der Waals surface area contributed by atoms with Crippen molar-refractivity contribution in [3.63, 3.8) is 0 Å². The predicted molar refractivity (Wildman–Crippen MR) is 119 cm³/mol. The number of piperazine rings is 1. The maximum absolute atomic E-state index is 12.8. The van der Waals surface area contributed by atoms with E-state index in [-0.39, 0.29) is 37.3 Å². The summed E-state index contributed by atoms with van der Waals surface area (Å²) in [6.07, 6.45) is 0.817. The zero-order chi connectivity index (χ0) is 22.8. The number of nitrogens with one attached hydrogen (secondary N) is 2. The number of benzene rings is 1. The van der Waals surface area contributed by atoms with Crippen molar-refractivity contribution in [2.24, 2.45) is 11.8 Å². The Morgan fingerprint density at radius 1 is 1.23 bits per heavy atom. The Hall–Kier alpha value is -2.77. The number of ether oxygens (including phenoxy) is 2. The number of amides is 2. The lowest BCUT2D eigenvalue weighted by molar-refractivity contribution is -0.152. The molecule has 0 radical (unpaired) electrons. The van der Waals surface area contributed by atoms with Gasteiger partial charge in [0.25, 0.3) is 0 Å². The van der Waals surface area contributed by atoms with Gasteiger partial charge in [-0.1, -0.05) is 33.8 Å². The molecule has 2 amide bonds. The summed E-state index contributed by atoms with van der Waals surface area (Å²) in [5.74, 6) is 0.450. The molecule has 172 valence electrons. The number of esters is 1. The van der Waals surface area contributed by atoms with E-state index in [0.29, 0.717) is 25.6 Å². The minimum Gasteiger partial charge on any atom is -0.494 e. The molecule has 1 aliphatic rings. The highest BCUT2D eigenvalue weighted by atomic mass is 16.5. The third kappa shape index (κ3) is 8.47. The summed E-state index contributed by atoms with van der Waals surface area (Å²) >= 11 is 0. The highest BCUT2D eigenvalue weighted by Gasteiger charge is 2.35. The number of nitrogens with zero attached hydrogens (tertiary/aromatic N) is 1. The molecule has 1 aromatic rings. The van der Waals surface area contributed by atoms with Gasteiger partial charge in [0.05, 0.1) is 26.2 Å². The van der Waals surface area contributed by atoms with Crippen LogP contribution in [-0.4, -0.2) is 61.6 Å². The van der Waals surface area contributed by atoms with Crippen molar-refractivity contribution in [3.8, 4) is 5.75 Å². The number of hydrogen-bond acceptors (Lipinski definition) is 6. The fourth-order valence-electron chi connectivity index (χ4n) is 3.08. The Labute approximate surface area is 184 Å². The second-order valence-electron chi connectivity index (χ2n) is 8.59. The zero-order valence-electron chi connectivity index (χ0n) is 19.0. The molecule has 8 heteroatoms. The summed E-state index contributed by atoms with van der Waals surface area (Å²) in [7, 11) is 0. The van der Waals surface area contributed by atoms with Crippen LogP contribution >= 0.6 is 0 Å². The molecule has 0 saturated carbocycles. The average molecular weight is 434 g/mol. The van der Waals surface area contributed by atoms with Gasteiger partial charge in [-0.15, -0.1) is 0 Å². The van der Waals surface area contributed by atoms with Crippen molar-refractivity contribution in [1.82, 2.24) is 10.2 Å². The fourth-order valence-corrected chi connectivity index (χ4v) is 3.08. The molecule has 0 bridgehead atoms. The summed E-state index contributed by atoms with van der Waals surface area (Å²) < 4.78 is 10.9. The highest BCUT2D eigenvalue weighted by Crippen LogP contribution is 2.18. The van der Waals surface area contributed by atoms with Crippen LogP contribution in [0.5, 0.6) is 5.75 Å². The van der Waals surface area contributed by atoms with Crippen LogP contribution in [0.2, 0.25) is 0 Å². The summed E-state index contributed by atoms with van der Waals surface area (Å²) in [6, 6.07) is 6.58. The number of carbonyl (C=O) groups excluding carboxylic acids is 3. The van der Waals surface area contributed by atoms with Crippen LogP contribution in [0.15, 0.2) is 24.3 Å². The molecule has 1 aliphatic heterocycles. The molecule has 2 N–H and O–H groups in total. The summed E-state index contributed by atoms with van der Waals surface area (Å²) in [5.41, 5.74) is 0.754. The van der Waals surface area contributed by atoms with Gasteiger partial charge in [0, 0.05) is 24.8 Å². The Morgan fingerprint density at radius 3 is 2.71 bits per heavy atom. The molecule has 1 unspecified atom stereocenters. The normalized spacial score (nSPS) is 16.3. The van der Waals surface area contributed by atoms with Crippen LogP contribution in [0.3, 0.4) is 0 Å². The van der Waals surface area contributed by atoms with Gasteiger partial charge in [-0.05, 0) is 30.4 Å². The summed E-state index contributed by atoms with van der Waals surface area (Å²) in [4.78, 5) is 38.7. The smallest absolute Gasteiger partial charge is 0.308 e. The molecule has 8 nitrogen and oxygen atoms in total. The predicted octanol–water partition coefficient (Wildman–Crippen LogP) is 2.44.